The van der Waals surface area contributed by atoms with Crippen LogP contribution in [0.4, 0.5) is 10.1 Å². The Kier molecular flexibility index (Phi) is 10.8. The van der Waals surface area contributed by atoms with Crippen LogP contribution in [0.15, 0.2) is 42.5 Å². The number of rotatable bonds is 12. The van der Waals surface area contributed by atoms with Crippen LogP contribution >= 0.6 is 23.2 Å². The summed E-state index contributed by atoms with van der Waals surface area (Å²) >= 11 is 12.2. The lowest BCUT2D eigenvalue weighted by Crippen LogP contribution is -2.47. The van der Waals surface area contributed by atoms with Gasteiger partial charge in [-0.3, -0.25) is 13.9 Å². The van der Waals surface area contributed by atoms with Gasteiger partial charge in [0, 0.05) is 31.1 Å². The summed E-state index contributed by atoms with van der Waals surface area (Å²) in [6, 6.07) is 9.43. The molecule has 11 heteroatoms. The Labute approximate surface area is 216 Å². The van der Waals surface area contributed by atoms with Crippen molar-refractivity contribution in [2.45, 2.75) is 45.7 Å². The van der Waals surface area contributed by atoms with Crippen LogP contribution < -0.4 is 9.62 Å². The van der Waals surface area contributed by atoms with E-state index in [1.807, 2.05) is 6.92 Å². The fourth-order valence-corrected chi connectivity index (χ4v) is 4.83. The quantitative estimate of drug-likeness (QED) is 0.421. The predicted octanol–water partition coefficient (Wildman–Crippen LogP) is 4.62. The Morgan fingerprint density at radius 2 is 1.77 bits per heavy atom. The van der Waals surface area contributed by atoms with Crippen LogP contribution in [0.2, 0.25) is 10.0 Å². The molecule has 0 aliphatic rings. The molecule has 0 radical (unpaired) electrons. The van der Waals surface area contributed by atoms with Gasteiger partial charge in [0.1, 0.15) is 11.9 Å². The number of anilines is 1. The van der Waals surface area contributed by atoms with Crippen molar-refractivity contribution in [2.75, 3.05) is 23.7 Å². The van der Waals surface area contributed by atoms with Gasteiger partial charge in [-0.1, -0.05) is 42.3 Å². The molecule has 0 aromatic heterocycles. The van der Waals surface area contributed by atoms with Gasteiger partial charge in [0.2, 0.25) is 21.8 Å². The van der Waals surface area contributed by atoms with Crippen molar-refractivity contribution < 1.29 is 22.4 Å². The minimum absolute atomic E-state index is 0.00850. The molecule has 2 aromatic carbocycles. The van der Waals surface area contributed by atoms with Crippen LogP contribution in [0.3, 0.4) is 0 Å². The number of nitrogens with one attached hydrogen (secondary N) is 1. The number of carbonyl (C=O) groups is 2. The van der Waals surface area contributed by atoms with Crippen molar-refractivity contribution in [3.05, 3.63) is 63.9 Å². The summed E-state index contributed by atoms with van der Waals surface area (Å²) in [4.78, 5) is 27.2. The number of halogens is 3. The third-order valence-electron chi connectivity index (χ3n) is 5.31. The highest BCUT2D eigenvalue weighted by atomic mass is 35.5. The van der Waals surface area contributed by atoms with E-state index in [0.29, 0.717) is 17.1 Å². The normalized spacial score (nSPS) is 12.2. The fraction of sp³-hybridized carbons (Fsp3) is 0.417. The maximum atomic E-state index is 13.3. The number of sulfonamides is 1. The minimum atomic E-state index is -3.70. The summed E-state index contributed by atoms with van der Waals surface area (Å²) in [5.74, 6) is -1.04. The number of hydrogen-bond acceptors (Lipinski definition) is 4. The smallest absolute Gasteiger partial charge is 0.242 e. The molecule has 1 unspecified atom stereocenters. The second kappa shape index (κ2) is 13.1. The molecule has 2 amide bonds. The number of nitrogens with zero attached hydrogens (tertiary/aromatic N) is 2. The number of amides is 2. The summed E-state index contributed by atoms with van der Waals surface area (Å²) in [6.07, 6.45) is 1.96. The molecule has 2 aromatic rings. The highest BCUT2D eigenvalue weighted by Gasteiger charge is 2.27. The monoisotopic (exact) mass is 545 g/mol. The summed E-state index contributed by atoms with van der Waals surface area (Å²) in [5, 5.41) is 3.32. The van der Waals surface area contributed by atoms with Crippen molar-refractivity contribution in [1.29, 1.82) is 0 Å². The molecule has 0 saturated heterocycles. The van der Waals surface area contributed by atoms with E-state index in [9.17, 15) is 22.4 Å². The maximum Gasteiger partial charge on any atom is 0.242 e. The third kappa shape index (κ3) is 8.66. The lowest BCUT2D eigenvalue weighted by Gasteiger charge is -2.29. The summed E-state index contributed by atoms with van der Waals surface area (Å²) in [7, 11) is -3.70. The van der Waals surface area contributed by atoms with Gasteiger partial charge in [-0.2, -0.15) is 0 Å². The van der Waals surface area contributed by atoms with Crippen LogP contribution in [0.25, 0.3) is 0 Å². The molecule has 2 rings (SSSR count). The van der Waals surface area contributed by atoms with Crippen LogP contribution in [0.5, 0.6) is 0 Å². The standard InChI is InChI=1S/C24H30Cl2FN3O4S/c1-4-13-28-24(32)17(2)29(16-18-7-10-20(27)11-8-18)23(31)6-5-14-30(35(3,33)34)22-15-19(25)9-12-21(22)26/h7-12,15,17H,4-6,13-14,16H2,1-3H3,(H,28,32). The molecule has 0 aliphatic carbocycles. The molecule has 0 saturated carbocycles. The minimum Gasteiger partial charge on any atom is -0.354 e. The van der Waals surface area contributed by atoms with Gasteiger partial charge in [0.25, 0.3) is 0 Å². The number of carbonyl (C=O) groups excluding carboxylic acids is 2. The van der Waals surface area contributed by atoms with Crippen LogP contribution in [0, 0.1) is 5.82 Å². The summed E-state index contributed by atoms with van der Waals surface area (Å²) in [5.41, 5.74) is 0.892. The molecule has 35 heavy (non-hydrogen) atoms. The highest BCUT2D eigenvalue weighted by Crippen LogP contribution is 2.31. The molecule has 0 spiro atoms. The van der Waals surface area contributed by atoms with E-state index in [-0.39, 0.29) is 48.5 Å². The first-order valence-corrected chi connectivity index (χ1v) is 13.8. The van der Waals surface area contributed by atoms with Crippen molar-refractivity contribution in [3.63, 3.8) is 0 Å². The largest absolute Gasteiger partial charge is 0.354 e. The molecular formula is C24H30Cl2FN3O4S. The second-order valence-electron chi connectivity index (χ2n) is 8.15. The van der Waals surface area contributed by atoms with Gasteiger partial charge in [0.05, 0.1) is 17.0 Å². The van der Waals surface area contributed by atoms with E-state index < -0.39 is 21.9 Å². The molecule has 1 N–H and O–H groups in total. The summed E-state index contributed by atoms with van der Waals surface area (Å²) in [6.45, 7) is 4.12. The van der Waals surface area contributed by atoms with Crippen molar-refractivity contribution in [1.82, 2.24) is 10.2 Å². The first-order valence-electron chi connectivity index (χ1n) is 11.2. The van der Waals surface area contributed by atoms with Gasteiger partial charge >= 0.3 is 0 Å². The fourth-order valence-electron chi connectivity index (χ4n) is 3.42. The summed E-state index contributed by atoms with van der Waals surface area (Å²) < 4.78 is 39.3. The van der Waals surface area contributed by atoms with E-state index in [0.717, 1.165) is 17.0 Å². The van der Waals surface area contributed by atoms with Gasteiger partial charge in [-0.15, -0.1) is 0 Å². The Balaban J connectivity index is 2.18. The topological polar surface area (TPSA) is 86.8 Å². The average Bonchev–Trinajstić information content (AvgIpc) is 2.80. The number of benzene rings is 2. The van der Waals surface area contributed by atoms with Crippen LogP contribution in [0.1, 0.15) is 38.7 Å². The van der Waals surface area contributed by atoms with Crippen LogP contribution in [-0.2, 0) is 26.2 Å². The van der Waals surface area contributed by atoms with Gasteiger partial charge in [-0.05, 0) is 55.7 Å². The van der Waals surface area contributed by atoms with Gasteiger partial charge in [-0.25, -0.2) is 12.8 Å². The lowest BCUT2D eigenvalue weighted by molar-refractivity contribution is -0.140. The second-order valence-corrected chi connectivity index (χ2v) is 10.9. The van der Waals surface area contributed by atoms with Crippen LogP contribution in [-0.4, -0.2) is 50.5 Å². The van der Waals surface area contributed by atoms with E-state index in [1.54, 1.807) is 25.1 Å². The van der Waals surface area contributed by atoms with E-state index in [4.69, 9.17) is 23.2 Å². The van der Waals surface area contributed by atoms with Gasteiger partial charge in [0.15, 0.2) is 0 Å². The zero-order valence-electron chi connectivity index (χ0n) is 19.9. The highest BCUT2D eigenvalue weighted by molar-refractivity contribution is 7.92. The maximum absolute atomic E-state index is 13.3. The Morgan fingerprint density at radius 3 is 2.37 bits per heavy atom. The molecular weight excluding hydrogens is 516 g/mol. The average molecular weight is 546 g/mol. The van der Waals surface area contributed by atoms with E-state index in [2.05, 4.69) is 5.32 Å². The Bertz CT molecular complexity index is 1130. The lowest BCUT2D eigenvalue weighted by atomic mass is 10.1. The first-order chi connectivity index (χ1) is 16.4. The SMILES string of the molecule is CCCNC(=O)C(C)N(Cc1ccc(F)cc1)C(=O)CCCN(c1cc(Cl)ccc1Cl)S(C)(=O)=O. The third-order valence-corrected chi connectivity index (χ3v) is 7.05. The van der Waals surface area contributed by atoms with Crippen molar-refractivity contribution in [2.24, 2.45) is 0 Å². The molecule has 192 valence electrons. The Morgan fingerprint density at radius 1 is 1.11 bits per heavy atom. The Hall–Kier alpha value is -2.36. The first kappa shape index (κ1) is 28.9. The van der Waals surface area contributed by atoms with Gasteiger partial charge < -0.3 is 10.2 Å². The molecule has 7 nitrogen and oxygen atoms in total. The molecule has 1 atom stereocenters. The van der Waals surface area contributed by atoms with Crippen molar-refractivity contribution >= 4 is 50.7 Å². The molecule has 0 heterocycles. The molecule has 0 bridgehead atoms. The zero-order valence-corrected chi connectivity index (χ0v) is 22.3. The van der Waals surface area contributed by atoms with Crippen molar-refractivity contribution in [3.8, 4) is 0 Å². The van der Waals surface area contributed by atoms with E-state index >= 15 is 0 Å². The molecule has 0 fully saturated rings. The molecule has 0 aliphatic heterocycles. The number of hydrogen-bond donors (Lipinski definition) is 1. The predicted molar refractivity (Wildman–Crippen MR) is 138 cm³/mol. The zero-order chi connectivity index (χ0) is 26.2. The van der Waals surface area contributed by atoms with E-state index in [1.165, 1.54) is 29.2 Å².